The van der Waals surface area contributed by atoms with Crippen LogP contribution in [0.25, 0.3) is 0 Å². The van der Waals surface area contributed by atoms with Crippen molar-refractivity contribution < 1.29 is 0 Å². The Morgan fingerprint density at radius 2 is 1.54 bits per heavy atom. The van der Waals surface area contributed by atoms with Crippen LogP contribution in [0, 0.1) is 0 Å². The molecule has 2 heteroatoms. The Morgan fingerprint density at radius 1 is 0.923 bits per heavy atom. The average Bonchev–Trinajstić information content (AvgIpc) is 2.15. The van der Waals surface area contributed by atoms with Gasteiger partial charge in [0.05, 0.1) is 8.80 Å². The van der Waals surface area contributed by atoms with Crippen molar-refractivity contribution in [1.29, 1.82) is 0 Å². The molecule has 0 N–H and O–H groups in total. The normalized spacial score (nSPS) is 13.2. The van der Waals surface area contributed by atoms with Gasteiger partial charge in [-0.1, -0.05) is 67.2 Å². The Kier molecular flexibility index (Phi) is 4.46. The van der Waals surface area contributed by atoms with Gasteiger partial charge in [0.15, 0.2) is 0 Å². The predicted molar refractivity (Wildman–Crippen MR) is 67.6 cm³/mol. The molecule has 1 rings (SSSR count). The van der Waals surface area contributed by atoms with Crippen molar-refractivity contribution in [2.75, 3.05) is 0 Å². The van der Waals surface area contributed by atoms with Gasteiger partial charge in [-0.05, 0) is 0 Å². The Balaban J connectivity index is 2.44. The molecule has 0 aliphatic heterocycles. The average molecular weight is 208 g/mol. The minimum atomic E-state index is -0.582. The molecule has 0 nitrogen and oxygen atoms in total. The topological polar surface area (TPSA) is 0 Å². The second kappa shape index (κ2) is 5.40. The molecule has 0 heterocycles. The Labute approximate surface area is 85.2 Å². The lowest BCUT2D eigenvalue weighted by atomic mass is 10.4. The lowest BCUT2D eigenvalue weighted by Gasteiger charge is -2.10. The van der Waals surface area contributed by atoms with E-state index in [9.17, 15) is 0 Å². The van der Waals surface area contributed by atoms with Crippen LogP contribution < -0.4 is 5.19 Å². The van der Waals surface area contributed by atoms with Crippen LogP contribution >= 0.6 is 0 Å². The summed E-state index contributed by atoms with van der Waals surface area (Å²) in [6.07, 6.45) is 0. The maximum atomic E-state index is 2.48. The van der Waals surface area contributed by atoms with Crippen molar-refractivity contribution in [3.05, 3.63) is 30.3 Å². The maximum absolute atomic E-state index is 2.48. The van der Waals surface area contributed by atoms with Crippen LogP contribution in [0.3, 0.4) is 0 Å². The molecule has 0 saturated carbocycles. The maximum Gasteiger partial charge on any atom is 0.0674 e. The summed E-state index contributed by atoms with van der Waals surface area (Å²) in [6.45, 7) is 7.38. The fourth-order valence-corrected chi connectivity index (χ4v) is 7.41. The quantitative estimate of drug-likeness (QED) is 0.666. The van der Waals surface area contributed by atoms with Gasteiger partial charge in [0, 0.05) is 8.80 Å². The van der Waals surface area contributed by atoms with E-state index >= 15 is 0 Å². The fraction of sp³-hybridized carbons (Fsp3) is 0.455. The second-order valence-corrected chi connectivity index (χ2v) is 10.7. The molecule has 0 aromatic heterocycles. The molecular weight excluding hydrogens is 188 g/mol. The monoisotopic (exact) mass is 208 g/mol. The van der Waals surface area contributed by atoms with Crippen LogP contribution in [0.1, 0.15) is 0 Å². The second-order valence-electron chi connectivity index (χ2n) is 4.28. The van der Waals surface area contributed by atoms with Gasteiger partial charge in [-0.15, -0.1) is 0 Å². The molecule has 72 valence electrons. The first-order valence-corrected chi connectivity index (χ1v) is 10.9. The van der Waals surface area contributed by atoms with Crippen molar-refractivity contribution in [1.82, 2.24) is 0 Å². The van der Waals surface area contributed by atoms with Crippen LogP contribution in [0.5, 0.6) is 0 Å². The van der Waals surface area contributed by atoms with Crippen LogP contribution in [0.4, 0.5) is 0 Å². The summed E-state index contributed by atoms with van der Waals surface area (Å²) in [5.74, 6) is 0. The summed E-state index contributed by atoms with van der Waals surface area (Å²) in [4.78, 5) is 0. The summed E-state index contributed by atoms with van der Waals surface area (Å²) in [7, 11) is -0.897. The molecule has 1 unspecified atom stereocenters. The minimum Gasteiger partial charge on any atom is -0.0722 e. The fourth-order valence-electron chi connectivity index (χ4n) is 1.53. The zero-order chi connectivity index (χ0) is 9.68. The molecule has 1 aromatic rings. The molecule has 0 radical (unpaired) electrons. The molecule has 1 aromatic carbocycles. The van der Waals surface area contributed by atoms with E-state index in [0.717, 1.165) is 0 Å². The van der Waals surface area contributed by atoms with E-state index in [1.54, 1.807) is 5.19 Å². The lowest BCUT2D eigenvalue weighted by molar-refractivity contribution is 1.36. The van der Waals surface area contributed by atoms with E-state index < -0.39 is 8.80 Å². The molecule has 0 spiro atoms. The summed E-state index contributed by atoms with van der Waals surface area (Å²) >= 11 is 0. The first-order valence-electron chi connectivity index (χ1n) is 5.25. The van der Waals surface area contributed by atoms with Gasteiger partial charge >= 0.3 is 0 Å². The highest BCUT2D eigenvalue weighted by atomic mass is 28.3. The Bertz CT molecular complexity index is 231. The van der Waals surface area contributed by atoms with Crippen molar-refractivity contribution >= 4 is 22.8 Å². The van der Waals surface area contributed by atoms with Gasteiger partial charge in [-0.2, -0.15) is 0 Å². The summed E-state index contributed by atoms with van der Waals surface area (Å²) in [5, 5.41) is 1.64. The largest absolute Gasteiger partial charge is 0.0722 e. The standard InChI is InChI=1S/C11H20Si2/c1-12(2)9-10-13(3)11-7-5-4-6-8-11/h4-8,12-13H,9-10H2,1-3H3. The van der Waals surface area contributed by atoms with Crippen molar-refractivity contribution in [3.8, 4) is 0 Å². The molecule has 0 aliphatic carbocycles. The number of rotatable bonds is 4. The van der Waals surface area contributed by atoms with E-state index in [1.807, 2.05) is 0 Å². The summed E-state index contributed by atoms with van der Waals surface area (Å²) < 4.78 is 0. The Hall–Kier alpha value is -0.346. The highest BCUT2D eigenvalue weighted by Crippen LogP contribution is 2.03. The molecule has 0 aliphatic rings. The highest BCUT2D eigenvalue weighted by Gasteiger charge is 2.07. The van der Waals surface area contributed by atoms with Crippen molar-refractivity contribution in [2.24, 2.45) is 0 Å². The summed E-state index contributed by atoms with van der Waals surface area (Å²) in [6, 6.07) is 14.1. The van der Waals surface area contributed by atoms with Crippen LogP contribution in [-0.4, -0.2) is 17.6 Å². The van der Waals surface area contributed by atoms with Gasteiger partial charge in [0.1, 0.15) is 0 Å². The number of hydrogen-bond donors (Lipinski definition) is 0. The van der Waals surface area contributed by atoms with Gasteiger partial charge in [-0.25, -0.2) is 0 Å². The van der Waals surface area contributed by atoms with E-state index in [-0.39, 0.29) is 8.80 Å². The minimum absolute atomic E-state index is 0.315. The zero-order valence-corrected chi connectivity index (χ0v) is 11.3. The van der Waals surface area contributed by atoms with E-state index in [1.165, 1.54) is 12.1 Å². The zero-order valence-electron chi connectivity index (χ0n) is 8.96. The molecule has 0 amide bonds. The van der Waals surface area contributed by atoms with Gasteiger partial charge in [-0.3, -0.25) is 0 Å². The molecule has 0 saturated heterocycles. The molecule has 13 heavy (non-hydrogen) atoms. The highest BCUT2D eigenvalue weighted by molar-refractivity contribution is 6.73. The van der Waals surface area contributed by atoms with Crippen molar-refractivity contribution in [2.45, 2.75) is 31.7 Å². The molecule has 1 atom stereocenters. The number of hydrogen-bond acceptors (Lipinski definition) is 0. The third-order valence-corrected chi connectivity index (χ3v) is 7.42. The number of benzene rings is 1. The van der Waals surface area contributed by atoms with Gasteiger partial charge in [0.25, 0.3) is 0 Å². The van der Waals surface area contributed by atoms with E-state index in [0.29, 0.717) is 0 Å². The molecular formula is C11H20Si2. The van der Waals surface area contributed by atoms with Crippen LogP contribution in [0.15, 0.2) is 30.3 Å². The van der Waals surface area contributed by atoms with E-state index in [4.69, 9.17) is 0 Å². The Morgan fingerprint density at radius 3 is 2.08 bits per heavy atom. The van der Waals surface area contributed by atoms with Gasteiger partial charge in [0.2, 0.25) is 0 Å². The summed E-state index contributed by atoms with van der Waals surface area (Å²) in [5.41, 5.74) is 0. The SMILES string of the molecule is C[SiH](C)CC[SiH](C)c1ccccc1. The first kappa shape index (κ1) is 10.7. The van der Waals surface area contributed by atoms with Crippen LogP contribution in [0.2, 0.25) is 31.7 Å². The third kappa shape index (κ3) is 3.92. The third-order valence-electron chi connectivity index (χ3n) is 2.55. The van der Waals surface area contributed by atoms with E-state index in [2.05, 4.69) is 50.0 Å². The molecule has 0 bridgehead atoms. The predicted octanol–water partition coefficient (Wildman–Crippen LogP) is 2.24. The van der Waals surface area contributed by atoms with Gasteiger partial charge < -0.3 is 0 Å². The lowest BCUT2D eigenvalue weighted by Crippen LogP contribution is -2.26. The first-order chi connectivity index (χ1) is 6.20. The van der Waals surface area contributed by atoms with Crippen LogP contribution in [-0.2, 0) is 0 Å². The van der Waals surface area contributed by atoms with Crippen molar-refractivity contribution in [3.63, 3.8) is 0 Å². The molecule has 0 fully saturated rings. The smallest absolute Gasteiger partial charge is 0.0674 e.